The van der Waals surface area contributed by atoms with Gasteiger partial charge in [0, 0.05) is 0 Å². The predicted molar refractivity (Wildman–Crippen MR) is 80.0 cm³/mol. The fourth-order valence-electron chi connectivity index (χ4n) is 3.84. The van der Waals surface area contributed by atoms with Gasteiger partial charge in [-0.05, 0) is 42.7 Å². The minimum atomic E-state index is -0.647. The lowest BCUT2D eigenvalue weighted by Crippen LogP contribution is -2.42. The molecule has 0 heterocycles. The molecule has 0 amide bonds. The summed E-state index contributed by atoms with van der Waals surface area (Å²) in [5, 5.41) is 9.49. The third-order valence-corrected chi connectivity index (χ3v) is 5.41. The molecule has 2 saturated carbocycles. The zero-order valence-corrected chi connectivity index (χ0v) is 12.1. The Morgan fingerprint density at radius 1 is 0.950 bits per heavy atom. The Bertz CT molecular complexity index is 463. The largest absolute Gasteiger partial charge is 0.481 e. The van der Waals surface area contributed by atoms with E-state index in [1.165, 1.54) is 44.1 Å². The molecule has 2 aliphatic carbocycles. The van der Waals surface area contributed by atoms with Gasteiger partial charge in [0.15, 0.2) is 0 Å². The molecule has 2 nitrogen and oxygen atoms in total. The summed E-state index contributed by atoms with van der Waals surface area (Å²) >= 11 is 0. The van der Waals surface area contributed by atoms with Crippen molar-refractivity contribution >= 4 is 5.97 Å². The first-order valence-corrected chi connectivity index (χ1v) is 8.06. The zero-order valence-electron chi connectivity index (χ0n) is 12.1. The highest BCUT2D eigenvalue weighted by Crippen LogP contribution is 2.44. The molecule has 2 heteroatoms. The van der Waals surface area contributed by atoms with Crippen molar-refractivity contribution in [3.8, 4) is 0 Å². The van der Waals surface area contributed by atoms with E-state index in [4.69, 9.17) is 0 Å². The van der Waals surface area contributed by atoms with Crippen LogP contribution in [0.5, 0.6) is 0 Å². The average Bonchev–Trinajstić information content (AvgIpc) is 2.66. The molecule has 0 radical (unpaired) electrons. The summed E-state index contributed by atoms with van der Waals surface area (Å²) in [6.45, 7) is 0. The maximum Gasteiger partial charge on any atom is 0.314 e. The number of hydrogen-bond acceptors (Lipinski definition) is 1. The number of aliphatic carboxylic acids is 1. The Labute approximate surface area is 121 Å². The molecule has 0 aromatic heterocycles. The molecule has 1 aromatic carbocycles. The van der Waals surface area contributed by atoms with Gasteiger partial charge in [-0.1, -0.05) is 56.4 Å². The number of hydrogen-bond donors (Lipinski definition) is 1. The van der Waals surface area contributed by atoms with Gasteiger partial charge in [0.25, 0.3) is 0 Å². The summed E-state index contributed by atoms with van der Waals surface area (Å²) < 4.78 is 0. The van der Waals surface area contributed by atoms with Crippen molar-refractivity contribution in [2.45, 2.75) is 69.1 Å². The predicted octanol–water partition coefficient (Wildman–Crippen LogP) is 4.63. The first-order chi connectivity index (χ1) is 9.72. The van der Waals surface area contributed by atoms with Gasteiger partial charge in [-0.15, -0.1) is 0 Å². The smallest absolute Gasteiger partial charge is 0.314 e. The first-order valence-electron chi connectivity index (χ1n) is 8.06. The van der Waals surface area contributed by atoms with Gasteiger partial charge >= 0.3 is 5.97 Å². The highest BCUT2D eigenvalue weighted by Gasteiger charge is 2.45. The molecule has 2 aliphatic rings. The van der Waals surface area contributed by atoms with Gasteiger partial charge < -0.3 is 5.11 Å². The molecule has 1 N–H and O–H groups in total. The molecular formula is C18H24O2. The normalized spacial score (nSPS) is 22.8. The zero-order chi connectivity index (χ0) is 14.0. The standard InChI is InChI=1S/C18H24O2/c19-17(20)18(12-5-13-18)16-10-8-15(9-11-16)14-6-3-1-2-4-7-14/h8-11,14H,1-7,12-13H2,(H,19,20). The highest BCUT2D eigenvalue weighted by atomic mass is 16.4. The molecule has 20 heavy (non-hydrogen) atoms. The fraction of sp³-hybridized carbons (Fsp3) is 0.611. The van der Waals surface area contributed by atoms with Gasteiger partial charge in [0.2, 0.25) is 0 Å². The summed E-state index contributed by atoms with van der Waals surface area (Å²) in [7, 11) is 0. The van der Waals surface area contributed by atoms with E-state index in [9.17, 15) is 9.90 Å². The van der Waals surface area contributed by atoms with Gasteiger partial charge in [0.1, 0.15) is 0 Å². The van der Waals surface area contributed by atoms with Crippen LogP contribution in [0.4, 0.5) is 0 Å². The van der Waals surface area contributed by atoms with Gasteiger partial charge in [0.05, 0.1) is 5.41 Å². The maximum atomic E-state index is 11.5. The number of rotatable bonds is 3. The molecule has 3 rings (SSSR count). The summed E-state index contributed by atoms with van der Waals surface area (Å²) in [5.41, 5.74) is 1.84. The van der Waals surface area contributed by atoms with E-state index in [0.717, 1.165) is 24.8 Å². The lowest BCUT2D eigenvalue weighted by molar-refractivity contribution is -0.147. The quantitative estimate of drug-likeness (QED) is 0.814. The van der Waals surface area contributed by atoms with E-state index in [-0.39, 0.29) is 0 Å². The van der Waals surface area contributed by atoms with E-state index in [1.807, 2.05) is 0 Å². The topological polar surface area (TPSA) is 37.3 Å². The van der Waals surface area contributed by atoms with Crippen LogP contribution < -0.4 is 0 Å². The summed E-state index contributed by atoms with van der Waals surface area (Å²) in [6, 6.07) is 8.53. The molecule has 0 bridgehead atoms. The molecule has 0 unspecified atom stereocenters. The second kappa shape index (κ2) is 5.59. The van der Waals surface area contributed by atoms with Crippen molar-refractivity contribution in [2.75, 3.05) is 0 Å². The van der Waals surface area contributed by atoms with Crippen LogP contribution in [-0.4, -0.2) is 11.1 Å². The van der Waals surface area contributed by atoms with Crippen LogP contribution in [0.15, 0.2) is 24.3 Å². The number of carboxylic acids is 1. The van der Waals surface area contributed by atoms with Crippen LogP contribution in [0.1, 0.15) is 74.8 Å². The van der Waals surface area contributed by atoms with Crippen molar-refractivity contribution in [3.05, 3.63) is 35.4 Å². The second-order valence-electron chi connectivity index (χ2n) is 6.55. The SMILES string of the molecule is O=C(O)C1(c2ccc(C3CCCCCC3)cc2)CCC1. The Morgan fingerprint density at radius 3 is 2.00 bits per heavy atom. The van der Waals surface area contributed by atoms with Crippen LogP contribution >= 0.6 is 0 Å². The van der Waals surface area contributed by atoms with Crippen molar-refractivity contribution in [3.63, 3.8) is 0 Å². The first kappa shape index (κ1) is 13.7. The van der Waals surface area contributed by atoms with Crippen LogP contribution in [0.25, 0.3) is 0 Å². The van der Waals surface area contributed by atoms with E-state index in [1.54, 1.807) is 0 Å². The second-order valence-corrected chi connectivity index (χ2v) is 6.55. The Morgan fingerprint density at radius 2 is 1.55 bits per heavy atom. The van der Waals surface area contributed by atoms with Gasteiger partial charge in [-0.25, -0.2) is 0 Å². The van der Waals surface area contributed by atoms with Crippen LogP contribution in [0, 0.1) is 0 Å². The van der Waals surface area contributed by atoms with E-state index >= 15 is 0 Å². The van der Waals surface area contributed by atoms with E-state index < -0.39 is 11.4 Å². The lowest BCUT2D eigenvalue weighted by Gasteiger charge is -2.38. The lowest BCUT2D eigenvalue weighted by atomic mass is 9.64. The minimum absolute atomic E-state index is 0.581. The molecule has 0 aliphatic heterocycles. The average molecular weight is 272 g/mol. The molecule has 0 saturated heterocycles. The van der Waals surface area contributed by atoms with Crippen LogP contribution in [0.2, 0.25) is 0 Å². The number of carbonyl (C=O) groups is 1. The number of carboxylic acid groups (broad SMARTS) is 1. The van der Waals surface area contributed by atoms with Gasteiger partial charge in [-0.2, -0.15) is 0 Å². The van der Waals surface area contributed by atoms with Crippen LogP contribution in [0.3, 0.4) is 0 Å². The Balaban J connectivity index is 1.78. The molecule has 108 valence electrons. The van der Waals surface area contributed by atoms with Crippen molar-refractivity contribution in [1.82, 2.24) is 0 Å². The van der Waals surface area contributed by atoms with Gasteiger partial charge in [-0.3, -0.25) is 4.79 Å². The third-order valence-electron chi connectivity index (χ3n) is 5.41. The molecule has 2 fully saturated rings. The van der Waals surface area contributed by atoms with Crippen molar-refractivity contribution < 1.29 is 9.90 Å². The van der Waals surface area contributed by atoms with Crippen molar-refractivity contribution in [1.29, 1.82) is 0 Å². The molecule has 0 spiro atoms. The minimum Gasteiger partial charge on any atom is -0.481 e. The van der Waals surface area contributed by atoms with Crippen molar-refractivity contribution in [2.24, 2.45) is 0 Å². The number of benzene rings is 1. The van der Waals surface area contributed by atoms with Crippen LogP contribution in [-0.2, 0) is 10.2 Å². The highest BCUT2D eigenvalue weighted by molar-refractivity contribution is 5.82. The monoisotopic (exact) mass is 272 g/mol. The third kappa shape index (κ3) is 2.36. The Hall–Kier alpha value is -1.31. The molecule has 1 aromatic rings. The Kier molecular flexibility index (Phi) is 3.82. The van der Waals surface area contributed by atoms with E-state index in [2.05, 4.69) is 24.3 Å². The molecular weight excluding hydrogens is 248 g/mol. The molecule has 0 atom stereocenters. The maximum absolute atomic E-state index is 11.5. The summed E-state index contributed by atoms with van der Waals surface area (Å²) in [5.74, 6) is 0.0414. The summed E-state index contributed by atoms with van der Waals surface area (Å²) in [4.78, 5) is 11.5. The fourth-order valence-corrected chi connectivity index (χ4v) is 3.84. The van der Waals surface area contributed by atoms with E-state index in [0.29, 0.717) is 5.92 Å². The summed E-state index contributed by atoms with van der Waals surface area (Å²) in [6.07, 6.45) is 10.6.